The van der Waals surface area contributed by atoms with E-state index in [0.29, 0.717) is 6.54 Å². The molecule has 5 nitrogen and oxygen atoms in total. The van der Waals surface area contributed by atoms with E-state index < -0.39 is 5.56 Å². The molecule has 17 heavy (non-hydrogen) atoms. The summed E-state index contributed by atoms with van der Waals surface area (Å²) in [5.74, 6) is -0.212. The predicted octanol–water partition coefficient (Wildman–Crippen LogP) is 0.636. The van der Waals surface area contributed by atoms with Crippen LogP contribution in [0.3, 0.4) is 0 Å². The summed E-state index contributed by atoms with van der Waals surface area (Å²) in [6, 6.07) is 4.82. The van der Waals surface area contributed by atoms with E-state index in [0.717, 1.165) is 12.8 Å². The molecule has 0 aliphatic heterocycles. The standard InChI is InChI=1S/C12H15N3O2/c1-2-3-6-14-11(16)9-15-7-4-5-10(8-13)12(15)17/h4-5,7H,2-3,6,9H2,1H3,(H,14,16). The monoisotopic (exact) mass is 233 g/mol. The lowest BCUT2D eigenvalue weighted by Gasteiger charge is -2.06. The largest absolute Gasteiger partial charge is 0.355 e. The quantitative estimate of drug-likeness (QED) is 0.758. The fraction of sp³-hybridized carbons (Fsp3) is 0.417. The van der Waals surface area contributed by atoms with Gasteiger partial charge >= 0.3 is 0 Å². The number of amides is 1. The van der Waals surface area contributed by atoms with Gasteiger partial charge in [0.15, 0.2) is 0 Å². The number of unbranched alkanes of at least 4 members (excludes halogenated alkanes) is 1. The van der Waals surface area contributed by atoms with Crippen molar-refractivity contribution in [3.05, 3.63) is 34.2 Å². The van der Waals surface area contributed by atoms with Crippen LogP contribution in [0.1, 0.15) is 25.3 Å². The highest BCUT2D eigenvalue weighted by atomic mass is 16.2. The maximum Gasteiger partial charge on any atom is 0.268 e. The van der Waals surface area contributed by atoms with Crippen LogP contribution < -0.4 is 10.9 Å². The smallest absolute Gasteiger partial charge is 0.268 e. The molecule has 0 unspecified atom stereocenters. The lowest BCUT2D eigenvalue weighted by Crippen LogP contribution is -2.33. The van der Waals surface area contributed by atoms with Gasteiger partial charge in [0, 0.05) is 12.7 Å². The first-order valence-electron chi connectivity index (χ1n) is 5.55. The first-order valence-corrected chi connectivity index (χ1v) is 5.55. The minimum atomic E-state index is -0.430. The molecular weight excluding hydrogens is 218 g/mol. The van der Waals surface area contributed by atoms with E-state index >= 15 is 0 Å². The third-order valence-corrected chi connectivity index (χ3v) is 2.31. The van der Waals surface area contributed by atoms with Crippen molar-refractivity contribution in [2.24, 2.45) is 0 Å². The summed E-state index contributed by atoms with van der Waals surface area (Å²) in [7, 11) is 0. The number of hydrogen-bond donors (Lipinski definition) is 1. The van der Waals surface area contributed by atoms with Crippen LogP contribution in [0, 0.1) is 11.3 Å². The molecule has 0 saturated carbocycles. The summed E-state index contributed by atoms with van der Waals surface area (Å²) < 4.78 is 1.24. The van der Waals surface area contributed by atoms with Crippen LogP contribution in [0.15, 0.2) is 23.1 Å². The molecule has 0 spiro atoms. The van der Waals surface area contributed by atoms with Crippen LogP contribution in [-0.2, 0) is 11.3 Å². The average molecular weight is 233 g/mol. The number of carbonyl (C=O) groups excluding carboxylic acids is 1. The second-order valence-electron chi connectivity index (χ2n) is 3.67. The maximum atomic E-state index is 11.6. The minimum absolute atomic E-state index is 0.0436. The van der Waals surface area contributed by atoms with Crippen molar-refractivity contribution in [2.75, 3.05) is 6.54 Å². The van der Waals surface area contributed by atoms with E-state index in [1.54, 1.807) is 12.1 Å². The normalized spacial score (nSPS) is 9.65. The first kappa shape index (κ1) is 13.0. The molecule has 1 N–H and O–H groups in total. The topological polar surface area (TPSA) is 74.9 Å². The maximum absolute atomic E-state index is 11.6. The summed E-state index contributed by atoms with van der Waals surface area (Å²) in [5.41, 5.74) is -0.380. The molecule has 0 saturated heterocycles. The van der Waals surface area contributed by atoms with Crippen LogP contribution in [0.5, 0.6) is 0 Å². The number of nitriles is 1. The molecule has 0 aliphatic rings. The van der Waals surface area contributed by atoms with Gasteiger partial charge in [-0.15, -0.1) is 0 Å². The van der Waals surface area contributed by atoms with Gasteiger partial charge in [0.2, 0.25) is 5.91 Å². The zero-order valence-electron chi connectivity index (χ0n) is 9.77. The Kier molecular flexibility index (Phi) is 4.95. The van der Waals surface area contributed by atoms with Crippen molar-refractivity contribution in [1.82, 2.24) is 9.88 Å². The molecule has 0 aromatic carbocycles. The molecule has 1 amide bonds. The molecule has 1 heterocycles. The predicted molar refractivity (Wildman–Crippen MR) is 63.3 cm³/mol. The Morgan fingerprint density at radius 1 is 1.59 bits per heavy atom. The van der Waals surface area contributed by atoms with E-state index in [-0.39, 0.29) is 18.0 Å². The average Bonchev–Trinajstić information content (AvgIpc) is 2.32. The van der Waals surface area contributed by atoms with Gasteiger partial charge in [0.05, 0.1) is 0 Å². The Morgan fingerprint density at radius 3 is 3.00 bits per heavy atom. The summed E-state index contributed by atoms with van der Waals surface area (Å²) in [6.45, 7) is 2.60. The second kappa shape index (κ2) is 6.48. The van der Waals surface area contributed by atoms with Crippen molar-refractivity contribution in [1.29, 1.82) is 5.26 Å². The number of pyridine rings is 1. The molecule has 90 valence electrons. The lowest BCUT2D eigenvalue weighted by atomic mass is 10.3. The van der Waals surface area contributed by atoms with Crippen molar-refractivity contribution >= 4 is 5.91 Å². The van der Waals surface area contributed by atoms with E-state index in [1.807, 2.05) is 6.92 Å². The number of rotatable bonds is 5. The Hall–Kier alpha value is -2.09. The van der Waals surface area contributed by atoms with Gasteiger partial charge in [-0.2, -0.15) is 5.26 Å². The summed E-state index contributed by atoms with van der Waals surface area (Å²) in [4.78, 5) is 23.1. The first-order chi connectivity index (χ1) is 8.19. The van der Waals surface area contributed by atoms with E-state index in [1.165, 1.54) is 16.8 Å². The van der Waals surface area contributed by atoms with Gasteiger partial charge in [-0.25, -0.2) is 0 Å². The van der Waals surface area contributed by atoms with Crippen molar-refractivity contribution in [2.45, 2.75) is 26.3 Å². The number of aromatic nitrogens is 1. The van der Waals surface area contributed by atoms with Gasteiger partial charge in [-0.05, 0) is 18.6 Å². The molecule has 0 radical (unpaired) electrons. The van der Waals surface area contributed by atoms with E-state index in [4.69, 9.17) is 5.26 Å². The summed E-state index contributed by atoms with van der Waals surface area (Å²) >= 11 is 0. The SMILES string of the molecule is CCCCNC(=O)Cn1cccc(C#N)c1=O. The van der Waals surface area contributed by atoms with Crippen LogP contribution in [0.25, 0.3) is 0 Å². The van der Waals surface area contributed by atoms with Gasteiger partial charge in [-0.3, -0.25) is 9.59 Å². The molecule has 5 heteroatoms. The van der Waals surface area contributed by atoms with Gasteiger partial charge in [-0.1, -0.05) is 13.3 Å². The van der Waals surface area contributed by atoms with Crippen molar-refractivity contribution in [3.63, 3.8) is 0 Å². The van der Waals surface area contributed by atoms with Crippen molar-refractivity contribution in [3.8, 4) is 6.07 Å². The van der Waals surface area contributed by atoms with Gasteiger partial charge in [0.1, 0.15) is 18.2 Å². The van der Waals surface area contributed by atoms with E-state index in [2.05, 4.69) is 5.32 Å². The van der Waals surface area contributed by atoms with Crippen molar-refractivity contribution < 1.29 is 4.79 Å². The molecule has 1 aromatic heterocycles. The highest BCUT2D eigenvalue weighted by molar-refractivity contribution is 5.75. The third-order valence-electron chi connectivity index (χ3n) is 2.31. The Bertz CT molecular complexity index is 485. The molecule has 0 fully saturated rings. The summed E-state index contributed by atoms with van der Waals surface area (Å²) in [6.07, 6.45) is 3.42. The molecule has 1 rings (SSSR count). The van der Waals surface area contributed by atoms with Crippen LogP contribution in [0.4, 0.5) is 0 Å². The Labute approximate surface area is 99.7 Å². The van der Waals surface area contributed by atoms with E-state index in [9.17, 15) is 9.59 Å². The fourth-order valence-electron chi connectivity index (χ4n) is 1.36. The highest BCUT2D eigenvalue weighted by Crippen LogP contribution is 1.90. The van der Waals surface area contributed by atoms with Crippen LogP contribution >= 0.6 is 0 Å². The molecule has 0 bridgehead atoms. The molecule has 1 aromatic rings. The lowest BCUT2D eigenvalue weighted by molar-refractivity contribution is -0.121. The number of nitrogens with one attached hydrogen (secondary N) is 1. The van der Waals surface area contributed by atoms with Crippen LogP contribution in [-0.4, -0.2) is 17.0 Å². The Balaban J connectivity index is 2.66. The van der Waals surface area contributed by atoms with Gasteiger partial charge < -0.3 is 9.88 Å². The van der Waals surface area contributed by atoms with Crippen LogP contribution in [0.2, 0.25) is 0 Å². The minimum Gasteiger partial charge on any atom is -0.355 e. The number of nitrogens with zero attached hydrogens (tertiary/aromatic N) is 2. The fourth-order valence-corrected chi connectivity index (χ4v) is 1.36. The number of carbonyl (C=O) groups is 1. The molecule has 0 atom stereocenters. The van der Waals surface area contributed by atoms with Gasteiger partial charge in [0.25, 0.3) is 5.56 Å². The molecular formula is C12H15N3O2. The zero-order valence-corrected chi connectivity index (χ0v) is 9.77. The third kappa shape index (κ3) is 3.76. The Morgan fingerprint density at radius 2 is 2.35 bits per heavy atom. The summed E-state index contributed by atoms with van der Waals surface area (Å²) in [5, 5.41) is 11.4. The zero-order chi connectivity index (χ0) is 12.7. The second-order valence-corrected chi connectivity index (χ2v) is 3.67. The number of hydrogen-bond acceptors (Lipinski definition) is 3. The highest BCUT2D eigenvalue weighted by Gasteiger charge is 2.06. The molecule has 0 aliphatic carbocycles.